The molecule has 0 aliphatic heterocycles. The average Bonchev–Trinajstić information content (AvgIpc) is 2.64. The number of carbonyl (C=O) groups is 1. The third-order valence-corrected chi connectivity index (χ3v) is 4.22. The fraction of sp³-hybridized carbons (Fsp3) is 0.136. The summed E-state index contributed by atoms with van der Waals surface area (Å²) < 4.78 is 5.98. The molecular formula is C22H21ClN2O2. The predicted molar refractivity (Wildman–Crippen MR) is 111 cm³/mol. The maximum atomic E-state index is 11.4. The van der Waals surface area contributed by atoms with Crippen molar-refractivity contribution in [1.29, 1.82) is 0 Å². The first-order valence-corrected chi connectivity index (χ1v) is 9.02. The lowest BCUT2D eigenvalue weighted by Gasteiger charge is -2.15. The van der Waals surface area contributed by atoms with Gasteiger partial charge in [-0.05, 0) is 55.0 Å². The quantitative estimate of drug-likeness (QED) is 0.550. The summed E-state index contributed by atoms with van der Waals surface area (Å²) in [5, 5.41) is 6.94. The normalized spacial score (nSPS) is 10.3. The van der Waals surface area contributed by atoms with Crippen LogP contribution in [0.2, 0.25) is 5.02 Å². The van der Waals surface area contributed by atoms with Gasteiger partial charge in [0.15, 0.2) is 5.75 Å². The molecule has 0 saturated heterocycles. The Morgan fingerprint density at radius 3 is 2.48 bits per heavy atom. The van der Waals surface area contributed by atoms with Crippen molar-refractivity contribution < 1.29 is 9.53 Å². The zero-order valence-corrected chi connectivity index (χ0v) is 16.0. The highest BCUT2D eigenvalue weighted by molar-refractivity contribution is 6.30. The maximum Gasteiger partial charge on any atom is 0.221 e. The zero-order valence-electron chi connectivity index (χ0n) is 15.3. The molecule has 3 aromatic carbocycles. The molecule has 4 nitrogen and oxygen atoms in total. The summed E-state index contributed by atoms with van der Waals surface area (Å²) >= 11 is 5.93. The maximum absolute atomic E-state index is 11.4. The van der Waals surface area contributed by atoms with E-state index in [9.17, 15) is 4.79 Å². The Morgan fingerprint density at radius 1 is 1.00 bits per heavy atom. The summed E-state index contributed by atoms with van der Waals surface area (Å²) in [5.41, 5.74) is 3.80. The molecule has 0 aliphatic rings. The summed E-state index contributed by atoms with van der Waals surface area (Å²) in [4.78, 5) is 11.4. The number of aryl methyl sites for hydroxylation is 1. The van der Waals surface area contributed by atoms with Crippen molar-refractivity contribution in [3.63, 3.8) is 0 Å². The van der Waals surface area contributed by atoms with Crippen molar-refractivity contribution in [2.45, 2.75) is 20.4 Å². The van der Waals surface area contributed by atoms with Crippen LogP contribution >= 0.6 is 11.6 Å². The molecule has 5 heteroatoms. The molecule has 3 aromatic rings. The number of para-hydroxylation sites is 2. The minimum absolute atomic E-state index is 0.0911. The Kier molecular flexibility index (Phi) is 5.99. The van der Waals surface area contributed by atoms with Crippen LogP contribution in [-0.4, -0.2) is 5.91 Å². The number of ether oxygens (including phenoxy) is 1. The van der Waals surface area contributed by atoms with E-state index in [4.69, 9.17) is 16.3 Å². The van der Waals surface area contributed by atoms with Crippen LogP contribution in [0.15, 0.2) is 66.7 Å². The van der Waals surface area contributed by atoms with Gasteiger partial charge >= 0.3 is 0 Å². The predicted octanol–water partition coefficient (Wildman–Crippen LogP) is 6.01. The van der Waals surface area contributed by atoms with Gasteiger partial charge in [-0.1, -0.05) is 41.4 Å². The molecule has 0 radical (unpaired) electrons. The lowest BCUT2D eigenvalue weighted by atomic mass is 10.1. The molecule has 0 aliphatic carbocycles. The van der Waals surface area contributed by atoms with E-state index in [0.717, 1.165) is 22.5 Å². The van der Waals surface area contributed by atoms with Crippen molar-refractivity contribution in [2.75, 3.05) is 10.6 Å². The molecule has 0 heterocycles. The lowest BCUT2D eigenvalue weighted by molar-refractivity contribution is -0.114. The molecule has 0 aromatic heterocycles. The Hall–Kier alpha value is -2.98. The van der Waals surface area contributed by atoms with E-state index < -0.39 is 0 Å². The van der Waals surface area contributed by atoms with Crippen molar-refractivity contribution in [1.82, 2.24) is 0 Å². The van der Waals surface area contributed by atoms with Gasteiger partial charge in [0.1, 0.15) is 5.75 Å². The summed E-state index contributed by atoms with van der Waals surface area (Å²) in [6.07, 6.45) is 0. The number of carbonyl (C=O) groups excluding carboxylic acids is 1. The molecule has 1 amide bonds. The van der Waals surface area contributed by atoms with Crippen molar-refractivity contribution in [3.8, 4) is 11.5 Å². The fourth-order valence-electron chi connectivity index (χ4n) is 2.70. The SMILES string of the molecule is CC(=O)Nc1ccc(C)cc1CNc1ccccc1Oc1ccc(Cl)cc1. The Morgan fingerprint density at radius 2 is 1.74 bits per heavy atom. The molecule has 0 saturated carbocycles. The van der Waals surface area contributed by atoms with Gasteiger partial charge in [-0.15, -0.1) is 0 Å². The molecular weight excluding hydrogens is 360 g/mol. The van der Waals surface area contributed by atoms with Crippen LogP contribution in [-0.2, 0) is 11.3 Å². The van der Waals surface area contributed by atoms with E-state index in [1.165, 1.54) is 6.92 Å². The number of rotatable bonds is 6. The van der Waals surface area contributed by atoms with Crippen LogP contribution in [0.4, 0.5) is 11.4 Å². The minimum atomic E-state index is -0.0911. The van der Waals surface area contributed by atoms with Crippen LogP contribution < -0.4 is 15.4 Å². The minimum Gasteiger partial charge on any atom is -0.455 e. The zero-order chi connectivity index (χ0) is 19.2. The van der Waals surface area contributed by atoms with Crippen LogP contribution in [0, 0.1) is 6.92 Å². The Bertz CT molecular complexity index is 939. The fourth-order valence-corrected chi connectivity index (χ4v) is 2.83. The van der Waals surface area contributed by atoms with Gasteiger partial charge in [0, 0.05) is 24.2 Å². The summed E-state index contributed by atoms with van der Waals surface area (Å²) in [6, 6.07) is 20.9. The van der Waals surface area contributed by atoms with Crippen molar-refractivity contribution >= 4 is 28.9 Å². The van der Waals surface area contributed by atoms with Gasteiger partial charge in [-0.25, -0.2) is 0 Å². The summed E-state index contributed by atoms with van der Waals surface area (Å²) in [5.74, 6) is 1.34. The van der Waals surface area contributed by atoms with Crippen LogP contribution in [0.5, 0.6) is 11.5 Å². The molecule has 0 unspecified atom stereocenters. The summed E-state index contributed by atoms with van der Waals surface area (Å²) in [7, 11) is 0. The van der Waals surface area contributed by atoms with Crippen LogP contribution in [0.3, 0.4) is 0 Å². The number of anilines is 2. The van der Waals surface area contributed by atoms with E-state index in [1.807, 2.05) is 55.5 Å². The number of nitrogens with one attached hydrogen (secondary N) is 2. The van der Waals surface area contributed by atoms with Gasteiger partial charge in [0.2, 0.25) is 5.91 Å². The number of hydrogen-bond donors (Lipinski definition) is 2. The third-order valence-electron chi connectivity index (χ3n) is 3.97. The highest BCUT2D eigenvalue weighted by Gasteiger charge is 2.08. The number of halogens is 1. The monoisotopic (exact) mass is 380 g/mol. The first-order chi connectivity index (χ1) is 13.0. The van der Waals surface area contributed by atoms with Gasteiger partial charge in [-0.2, -0.15) is 0 Å². The highest BCUT2D eigenvalue weighted by atomic mass is 35.5. The van der Waals surface area contributed by atoms with Crippen molar-refractivity contribution in [2.24, 2.45) is 0 Å². The van der Waals surface area contributed by atoms with E-state index in [0.29, 0.717) is 23.1 Å². The van der Waals surface area contributed by atoms with Crippen LogP contribution in [0.1, 0.15) is 18.1 Å². The smallest absolute Gasteiger partial charge is 0.221 e. The summed E-state index contributed by atoms with van der Waals surface area (Å²) in [6.45, 7) is 4.09. The van der Waals surface area contributed by atoms with E-state index in [2.05, 4.69) is 16.7 Å². The number of hydrogen-bond acceptors (Lipinski definition) is 3. The number of amides is 1. The molecule has 27 heavy (non-hydrogen) atoms. The molecule has 3 rings (SSSR count). The van der Waals surface area contributed by atoms with E-state index >= 15 is 0 Å². The van der Waals surface area contributed by atoms with Crippen molar-refractivity contribution in [3.05, 3.63) is 82.9 Å². The molecule has 0 bridgehead atoms. The topological polar surface area (TPSA) is 50.4 Å². The lowest BCUT2D eigenvalue weighted by Crippen LogP contribution is -2.10. The first kappa shape index (κ1) is 18.8. The van der Waals surface area contributed by atoms with E-state index in [1.54, 1.807) is 12.1 Å². The second-order valence-electron chi connectivity index (χ2n) is 6.25. The van der Waals surface area contributed by atoms with Gasteiger partial charge in [0.25, 0.3) is 0 Å². The van der Waals surface area contributed by atoms with Crippen LogP contribution in [0.25, 0.3) is 0 Å². The van der Waals surface area contributed by atoms with E-state index in [-0.39, 0.29) is 5.91 Å². The Labute approximate surface area is 164 Å². The number of benzene rings is 3. The average molecular weight is 381 g/mol. The second-order valence-corrected chi connectivity index (χ2v) is 6.68. The van der Waals surface area contributed by atoms with Gasteiger partial charge < -0.3 is 15.4 Å². The standard InChI is InChI=1S/C22H21ClN2O2/c1-15-7-12-20(25-16(2)26)17(13-15)14-24-21-5-3-4-6-22(21)27-19-10-8-18(23)9-11-19/h3-13,24H,14H2,1-2H3,(H,25,26). The molecule has 0 spiro atoms. The third kappa shape index (κ3) is 5.25. The highest BCUT2D eigenvalue weighted by Crippen LogP contribution is 2.30. The first-order valence-electron chi connectivity index (χ1n) is 8.65. The molecule has 0 fully saturated rings. The molecule has 2 N–H and O–H groups in total. The van der Waals surface area contributed by atoms with Gasteiger partial charge in [-0.3, -0.25) is 4.79 Å². The van der Waals surface area contributed by atoms with Gasteiger partial charge in [0.05, 0.1) is 5.69 Å². The molecule has 138 valence electrons. The Balaban J connectivity index is 1.78. The second kappa shape index (κ2) is 8.60. The largest absolute Gasteiger partial charge is 0.455 e. The molecule has 0 atom stereocenters.